The van der Waals surface area contributed by atoms with Gasteiger partial charge in [-0.3, -0.25) is 4.79 Å². The van der Waals surface area contributed by atoms with E-state index in [9.17, 15) is 4.79 Å². The fraction of sp³-hybridized carbons (Fsp3) is 0.222. The van der Waals surface area contributed by atoms with Crippen molar-refractivity contribution in [3.05, 3.63) is 23.8 Å². The average Bonchev–Trinajstić information content (AvgIpc) is 2.58. The number of hydrogen-bond donors (Lipinski definition) is 2. The van der Waals surface area contributed by atoms with E-state index >= 15 is 0 Å². The molecule has 1 aliphatic rings. The number of carbonyl (C=O) groups is 1. The number of carbonyl (C=O) groups excluding carboxylic acids is 1. The Morgan fingerprint density at radius 3 is 2.79 bits per heavy atom. The molecule has 1 atom stereocenters. The third-order valence-corrected chi connectivity index (χ3v) is 1.89. The second-order valence-corrected chi connectivity index (χ2v) is 2.87. The van der Waals surface area contributed by atoms with Gasteiger partial charge in [0.15, 0.2) is 11.5 Å². The zero-order valence-corrected chi connectivity index (χ0v) is 7.27. The molecular formula is C9H9NO4. The summed E-state index contributed by atoms with van der Waals surface area (Å²) in [6, 6.07) is 4.63. The zero-order chi connectivity index (χ0) is 10.1. The van der Waals surface area contributed by atoms with E-state index in [4.69, 9.17) is 20.3 Å². The van der Waals surface area contributed by atoms with Crippen LogP contribution in [0, 0.1) is 0 Å². The van der Waals surface area contributed by atoms with Gasteiger partial charge in [-0.25, -0.2) is 0 Å². The summed E-state index contributed by atoms with van der Waals surface area (Å²) in [5, 5.41) is 8.78. The fourth-order valence-corrected chi connectivity index (χ4v) is 1.23. The van der Waals surface area contributed by atoms with Crippen molar-refractivity contribution in [3.8, 4) is 11.5 Å². The molecule has 0 aromatic heterocycles. The van der Waals surface area contributed by atoms with E-state index in [0.29, 0.717) is 17.1 Å². The molecule has 5 nitrogen and oxygen atoms in total. The largest absolute Gasteiger partial charge is 0.448 e. The summed E-state index contributed by atoms with van der Waals surface area (Å²) in [5.74, 6) is 0.415. The Labute approximate surface area is 80.0 Å². The quantitative estimate of drug-likeness (QED) is 0.689. The summed E-state index contributed by atoms with van der Waals surface area (Å²) in [7, 11) is 0. The van der Waals surface area contributed by atoms with Gasteiger partial charge in [-0.2, -0.15) is 0 Å². The third-order valence-electron chi connectivity index (χ3n) is 1.89. The lowest BCUT2D eigenvalue weighted by atomic mass is 10.2. The molecule has 2 rings (SSSR count). The van der Waals surface area contributed by atoms with Crippen molar-refractivity contribution in [2.75, 3.05) is 6.61 Å². The van der Waals surface area contributed by atoms with E-state index in [1.54, 1.807) is 12.1 Å². The third kappa shape index (κ3) is 1.38. The van der Waals surface area contributed by atoms with Crippen LogP contribution in [0.5, 0.6) is 11.5 Å². The number of aliphatic hydroxyl groups is 1. The van der Waals surface area contributed by atoms with Crippen molar-refractivity contribution in [1.29, 1.82) is 0 Å². The number of nitrogens with two attached hydrogens (primary N) is 1. The van der Waals surface area contributed by atoms with Crippen molar-refractivity contribution < 1.29 is 19.4 Å². The first-order valence-electron chi connectivity index (χ1n) is 4.08. The summed E-state index contributed by atoms with van der Waals surface area (Å²) < 4.78 is 10.3. The molecule has 0 aliphatic carbocycles. The van der Waals surface area contributed by atoms with E-state index in [1.807, 2.05) is 0 Å². The standard InChI is InChI=1S/C9H9NO4/c10-9(12)5-1-2-6-7(3-5)14-8(4-11)13-6/h1-3,8,11H,4H2,(H2,10,12)/t8-/m1/s1. The molecule has 0 bridgehead atoms. The van der Waals surface area contributed by atoms with Crippen LogP contribution in [-0.2, 0) is 0 Å². The van der Waals surface area contributed by atoms with Gasteiger partial charge in [-0.15, -0.1) is 0 Å². The van der Waals surface area contributed by atoms with Gasteiger partial charge in [-0.1, -0.05) is 0 Å². The van der Waals surface area contributed by atoms with Crippen LogP contribution < -0.4 is 15.2 Å². The van der Waals surface area contributed by atoms with Gasteiger partial charge in [0.2, 0.25) is 5.91 Å². The average molecular weight is 195 g/mol. The molecule has 0 fully saturated rings. The smallest absolute Gasteiger partial charge is 0.264 e. The highest BCUT2D eigenvalue weighted by Gasteiger charge is 2.23. The Bertz CT molecular complexity index is 377. The Balaban J connectivity index is 2.31. The number of aliphatic hydroxyl groups excluding tert-OH is 1. The van der Waals surface area contributed by atoms with Crippen LogP contribution in [-0.4, -0.2) is 23.9 Å². The van der Waals surface area contributed by atoms with E-state index in [0.717, 1.165) is 0 Å². The van der Waals surface area contributed by atoms with E-state index < -0.39 is 12.2 Å². The minimum atomic E-state index is -0.687. The summed E-state index contributed by atoms with van der Waals surface area (Å²) in [6.45, 7) is -0.236. The van der Waals surface area contributed by atoms with Crippen LogP contribution in [0.25, 0.3) is 0 Å². The zero-order valence-electron chi connectivity index (χ0n) is 7.27. The van der Waals surface area contributed by atoms with Crippen LogP contribution in [0.3, 0.4) is 0 Å². The number of fused-ring (bicyclic) bond motifs is 1. The van der Waals surface area contributed by atoms with Crippen molar-refractivity contribution in [2.45, 2.75) is 6.29 Å². The number of primary amides is 1. The van der Waals surface area contributed by atoms with Crippen LogP contribution in [0.2, 0.25) is 0 Å². The molecule has 5 heteroatoms. The van der Waals surface area contributed by atoms with Crippen LogP contribution in [0.1, 0.15) is 10.4 Å². The topological polar surface area (TPSA) is 81.8 Å². The van der Waals surface area contributed by atoms with Crippen molar-refractivity contribution in [1.82, 2.24) is 0 Å². The minimum Gasteiger partial charge on any atom is -0.448 e. The number of amides is 1. The maximum Gasteiger partial charge on any atom is 0.264 e. The maximum absolute atomic E-state index is 10.8. The van der Waals surface area contributed by atoms with Crippen LogP contribution >= 0.6 is 0 Å². The van der Waals surface area contributed by atoms with Gasteiger partial charge in [0.05, 0.1) is 0 Å². The molecular weight excluding hydrogens is 186 g/mol. The normalized spacial score (nSPS) is 18.2. The van der Waals surface area contributed by atoms with E-state index in [-0.39, 0.29) is 6.61 Å². The molecule has 1 aromatic carbocycles. The molecule has 1 aliphatic heterocycles. The molecule has 1 heterocycles. The molecule has 0 saturated carbocycles. The van der Waals surface area contributed by atoms with Gasteiger partial charge in [-0.05, 0) is 18.2 Å². The molecule has 14 heavy (non-hydrogen) atoms. The highest BCUT2D eigenvalue weighted by Crippen LogP contribution is 2.34. The molecule has 0 unspecified atom stereocenters. The lowest BCUT2D eigenvalue weighted by molar-refractivity contribution is -0.000800. The molecule has 1 amide bonds. The number of hydrogen-bond acceptors (Lipinski definition) is 4. The van der Waals surface area contributed by atoms with Gasteiger partial charge in [0.1, 0.15) is 6.61 Å². The van der Waals surface area contributed by atoms with E-state index in [1.165, 1.54) is 6.07 Å². The van der Waals surface area contributed by atoms with Gasteiger partial charge in [0.25, 0.3) is 6.29 Å². The SMILES string of the molecule is NC(=O)c1ccc2c(c1)O[C@H](CO)O2. The summed E-state index contributed by atoms with van der Waals surface area (Å²) in [6.07, 6.45) is -0.687. The second-order valence-electron chi connectivity index (χ2n) is 2.87. The van der Waals surface area contributed by atoms with Gasteiger partial charge in [0, 0.05) is 5.56 Å². The van der Waals surface area contributed by atoms with Crippen molar-refractivity contribution in [3.63, 3.8) is 0 Å². The molecule has 1 aromatic rings. The lowest BCUT2D eigenvalue weighted by Crippen LogP contribution is -2.22. The number of rotatable bonds is 2. The van der Waals surface area contributed by atoms with Crippen LogP contribution in [0.4, 0.5) is 0 Å². The van der Waals surface area contributed by atoms with E-state index in [2.05, 4.69) is 0 Å². The Morgan fingerprint density at radius 1 is 1.43 bits per heavy atom. The monoisotopic (exact) mass is 195 g/mol. The minimum absolute atomic E-state index is 0.236. The first-order valence-corrected chi connectivity index (χ1v) is 4.08. The maximum atomic E-state index is 10.8. The molecule has 0 saturated heterocycles. The van der Waals surface area contributed by atoms with Crippen LogP contribution in [0.15, 0.2) is 18.2 Å². The first-order chi connectivity index (χ1) is 6.70. The van der Waals surface area contributed by atoms with Crippen molar-refractivity contribution >= 4 is 5.91 Å². The molecule has 74 valence electrons. The lowest BCUT2D eigenvalue weighted by Gasteiger charge is -2.04. The number of benzene rings is 1. The summed E-state index contributed by atoms with van der Waals surface area (Å²) >= 11 is 0. The summed E-state index contributed by atoms with van der Waals surface area (Å²) in [4.78, 5) is 10.8. The fourth-order valence-electron chi connectivity index (χ4n) is 1.23. The highest BCUT2D eigenvalue weighted by atomic mass is 16.7. The first kappa shape index (κ1) is 8.83. The highest BCUT2D eigenvalue weighted by molar-refractivity contribution is 5.93. The molecule has 0 spiro atoms. The molecule has 3 N–H and O–H groups in total. The predicted molar refractivity (Wildman–Crippen MR) is 47.1 cm³/mol. The Hall–Kier alpha value is -1.75. The molecule has 0 radical (unpaired) electrons. The van der Waals surface area contributed by atoms with Gasteiger partial charge >= 0.3 is 0 Å². The van der Waals surface area contributed by atoms with Gasteiger partial charge < -0.3 is 20.3 Å². The summed E-state index contributed by atoms with van der Waals surface area (Å²) in [5.41, 5.74) is 5.44. The predicted octanol–water partition coefficient (Wildman–Crippen LogP) is -0.125. The number of ether oxygens (including phenoxy) is 2. The van der Waals surface area contributed by atoms with Crippen molar-refractivity contribution in [2.24, 2.45) is 5.73 Å². The Morgan fingerprint density at radius 2 is 2.14 bits per heavy atom. The Kier molecular flexibility index (Phi) is 2.01. The second kappa shape index (κ2) is 3.19.